The zero-order valence-electron chi connectivity index (χ0n) is 14.3. The van der Waals surface area contributed by atoms with Crippen molar-refractivity contribution in [2.24, 2.45) is 0 Å². The van der Waals surface area contributed by atoms with E-state index in [4.69, 9.17) is 0 Å². The monoisotopic (exact) mass is 326 g/mol. The summed E-state index contributed by atoms with van der Waals surface area (Å²) in [4.78, 5) is 13.5. The molecule has 5 heteroatoms. The molecular weight excluding hydrogens is 300 g/mol. The summed E-state index contributed by atoms with van der Waals surface area (Å²) in [6.07, 6.45) is 8.94. The van der Waals surface area contributed by atoms with Crippen molar-refractivity contribution in [1.29, 1.82) is 0 Å². The van der Waals surface area contributed by atoms with Crippen molar-refractivity contribution in [1.82, 2.24) is 15.0 Å². The Labute approximate surface area is 143 Å². The lowest BCUT2D eigenvalue weighted by Gasteiger charge is -2.27. The fourth-order valence-corrected chi connectivity index (χ4v) is 3.20. The van der Waals surface area contributed by atoms with Crippen LogP contribution in [0.5, 0.6) is 0 Å². The summed E-state index contributed by atoms with van der Waals surface area (Å²) in [5.41, 5.74) is 1.11. The minimum absolute atomic E-state index is 0.537. The first-order valence-corrected chi connectivity index (χ1v) is 8.94. The standard InChI is InChI=1S/C19H26N4O/c1-2-15-13-17(21-14-19(24)10-6-3-4-7-11-19)23-18(22-15)16-9-5-8-12-20-16/h5,8-9,12-13,24H,2-4,6-7,10-11,14H2,1H3,(H,21,22,23). The first-order chi connectivity index (χ1) is 11.7. The maximum Gasteiger partial charge on any atom is 0.180 e. The van der Waals surface area contributed by atoms with Crippen LogP contribution in [-0.2, 0) is 6.42 Å². The average Bonchev–Trinajstić information content (AvgIpc) is 2.85. The molecule has 0 unspecified atom stereocenters. The molecule has 2 aromatic rings. The molecule has 128 valence electrons. The molecule has 2 heterocycles. The second kappa shape index (κ2) is 7.71. The van der Waals surface area contributed by atoms with E-state index in [1.54, 1.807) is 6.20 Å². The predicted molar refractivity (Wildman–Crippen MR) is 95.8 cm³/mol. The maximum atomic E-state index is 10.8. The molecule has 0 aliphatic heterocycles. The first kappa shape index (κ1) is 16.8. The molecule has 1 aliphatic carbocycles. The van der Waals surface area contributed by atoms with Gasteiger partial charge in [0.05, 0.1) is 5.60 Å². The summed E-state index contributed by atoms with van der Waals surface area (Å²) in [6, 6.07) is 7.70. The van der Waals surface area contributed by atoms with Crippen LogP contribution >= 0.6 is 0 Å². The Balaban J connectivity index is 1.77. The normalized spacial score (nSPS) is 17.2. The van der Waals surface area contributed by atoms with Crippen molar-refractivity contribution < 1.29 is 5.11 Å². The van der Waals surface area contributed by atoms with Gasteiger partial charge in [-0.3, -0.25) is 4.98 Å². The molecule has 5 nitrogen and oxygen atoms in total. The van der Waals surface area contributed by atoms with Crippen LogP contribution in [0.3, 0.4) is 0 Å². The van der Waals surface area contributed by atoms with Gasteiger partial charge in [0.2, 0.25) is 0 Å². The van der Waals surface area contributed by atoms with Gasteiger partial charge in [-0.05, 0) is 31.4 Å². The molecule has 0 amide bonds. The van der Waals surface area contributed by atoms with Gasteiger partial charge < -0.3 is 10.4 Å². The summed E-state index contributed by atoms with van der Waals surface area (Å²) in [5, 5.41) is 14.1. The molecule has 1 aliphatic rings. The summed E-state index contributed by atoms with van der Waals surface area (Å²) >= 11 is 0. The van der Waals surface area contributed by atoms with Gasteiger partial charge in [0, 0.05) is 24.5 Å². The molecular formula is C19H26N4O. The van der Waals surface area contributed by atoms with Gasteiger partial charge >= 0.3 is 0 Å². The van der Waals surface area contributed by atoms with Gasteiger partial charge in [-0.25, -0.2) is 9.97 Å². The number of anilines is 1. The van der Waals surface area contributed by atoms with E-state index in [9.17, 15) is 5.11 Å². The van der Waals surface area contributed by atoms with Crippen LogP contribution in [0.25, 0.3) is 11.5 Å². The molecule has 3 rings (SSSR count). The summed E-state index contributed by atoms with van der Waals surface area (Å²) in [7, 11) is 0. The topological polar surface area (TPSA) is 70.9 Å². The number of aryl methyl sites for hydroxylation is 1. The number of aromatic nitrogens is 3. The Morgan fingerprint density at radius 1 is 1.12 bits per heavy atom. The van der Waals surface area contributed by atoms with E-state index >= 15 is 0 Å². The van der Waals surface area contributed by atoms with Crippen molar-refractivity contribution >= 4 is 5.82 Å². The van der Waals surface area contributed by atoms with Crippen LogP contribution in [0.1, 0.15) is 51.1 Å². The molecule has 1 saturated carbocycles. The molecule has 24 heavy (non-hydrogen) atoms. The summed E-state index contributed by atoms with van der Waals surface area (Å²) in [5.74, 6) is 1.39. The second-order valence-corrected chi connectivity index (χ2v) is 6.63. The Morgan fingerprint density at radius 2 is 1.92 bits per heavy atom. The van der Waals surface area contributed by atoms with E-state index in [0.29, 0.717) is 12.4 Å². The quantitative estimate of drug-likeness (QED) is 0.822. The van der Waals surface area contributed by atoms with Gasteiger partial charge in [-0.1, -0.05) is 38.7 Å². The fraction of sp³-hybridized carbons (Fsp3) is 0.526. The third-order valence-electron chi connectivity index (χ3n) is 4.67. The van der Waals surface area contributed by atoms with Crippen LogP contribution in [0.2, 0.25) is 0 Å². The first-order valence-electron chi connectivity index (χ1n) is 8.94. The number of nitrogens with one attached hydrogen (secondary N) is 1. The van der Waals surface area contributed by atoms with E-state index in [0.717, 1.165) is 49.3 Å². The van der Waals surface area contributed by atoms with Crippen LogP contribution < -0.4 is 5.32 Å². The maximum absolute atomic E-state index is 10.8. The summed E-state index contributed by atoms with van der Waals surface area (Å²) in [6.45, 7) is 2.61. The number of hydrogen-bond donors (Lipinski definition) is 2. The van der Waals surface area contributed by atoms with Gasteiger partial charge in [0.25, 0.3) is 0 Å². The Kier molecular flexibility index (Phi) is 5.41. The number of pyridine rings is 1. The van der Waals surface area contributed by atoms with Gasteiger partial charge in [-0.2, -0.15) is 0 Å². The molecule has 0 spiro atoms. The number of hydrogen-bond acceptors (Lipinski definition) is 5. The lowest BCUT2D eigenvalue weighted by molar-refractivity contribution is 0.0380. The van der Waals surface area contributed by atoms with Gasteiger partial charge in [-0.15, -0.1) is 0 Å². The number of aliphatic hydroxyl groups is 1. The van der Waals surface area contributed by atoms with Crippen molar-refractivity contribution in [2.45, 2.75) is 57.5 Å². The Bertz CT molecular complexity index is 652. The second-order valence-electron chi connectivity index (χ2n) is 6.63. The van der Waals surface area contributed by atoms with Crippen LogP contribution in [0.4, 0.5) is 5.82 Å². The third-order valence-corrected chi connectivity index (χ3v) is 4.67. The minimum atomic E-state index is -0.626. The van der Waals surface area contributed by atoms with Crippen LogP contribution in [0.15, 0.2) is 30.5 Å². The highest BCUT2D eigenvalue weighted by Crippen LogP contribution is 2.27. The van der Waals surface area contributed by atoms with Crippen LogP contribution in [0, 0.1) is 0 Å². The average molecular weight is 326 g/mol. The molecule has 0 bridgehead atoms. The minimum Gasteiger partial charge on any atom is -0.388 e. The lowest BCUT2D eigenvalue weighted by Crippen LogP contribution is -2.36. The fourth-order valence-electron chi connectivity index (χ4n) is 3.20. The van der Waals surface area contributed by atoms with Crippen molar-refractivity contribution in [2.75, 3.05) is 11.9 Å². The summed E-state index contributed by atoms with van der Waals surface area (Å²) < 4.78 is 0. The largest absolute Gasteiger partial charge is 0.388 e. The lowest BCUT2D eigenvalue weighted by atomic mass is 9.94. The molecule has 0 saturated heterocycles. The number of rotatable bonds is 5. The van der Waals surface area contributed by atoms with E-state index < -0.39 is 5.60 Å². The van der Waals surface area contributed by atoms with Crippen LogP contribution in [-0.4, -0.2) is 32.2 Å². The van der Waals surface area contributed by atoms with Crippen molar-refractivity contribution in [3.05, 3.63) is 36.2 Å². The van der Waals surface area contributed by atoms with E-state index in [1.807, 2.05) is 24.3 Å². The highest BCUT2D eigenvalue weighted by atomic mass is 16.3. The molecule has 0 aromatic carbocycles. The zero-order chi connectivity index (χ0) is 16.8. The Hall–Kier alpha value is -2.01. The number of nitrogens with zero attached hydrogens (tertiary/aromatic N) is 3. The highest BCUT2D eigenvalue weighted by Gasteiger charge is 2.27. The van der Waals surface area contributed by atoms with Gasteiger partial charge in [0.1, 0.15) is 11.5 Å². The molecule has 0 atom stereocenters. The smallest absolute Gasteiger partial charge is 0.180 e. The molecule has 1 fully saturated rings. The predicted octanol–water partition coefficient (Wildman–Crippen LogP) is 3.60. The highest BCUT2D eigenvalue weighted by molar-refractivity contribution is 5.53. The zero-order valence-corrected chi connectivity index (χ0v) is 14.3. The molecule has 2 aromatic heterocycles. The molecule has 0 radical (unpaired) electrons. The van der Waals surface area contributed by atoms with E-state index in [1.165, 1.54) is 12.8 Å². The SMILES string of the molecule is CCc1cc(NCC2(O)CCCCCC2)nc(-c2ccccn2)n1. The molecule has 2 N–H and O–H groups in total. The third kappa shape index (κ3) is 4.29. The van der Waals surface area contributed by atoms with Crippen molar-refractivity contribution in [3.63, 3.8) is 0 Å². The van der Waals surface area contributed by atoms with Crippen molar-refractivity contribution in [3.8, 4) is 11.5 Å². The van der Waals surface area contributed by atoms with E-state index in [-0.39, 0.29) is 0 Å². The Morgan fingerprint density at radius 3 is 2.58 bits per heavy atom. The van der Waals surface area contributed by atoms with Gasteiger partial charge in [0.15, 0.2) is 5.82 Å². The van der Waals surface area contributed by atoms with E-state index in [2.05, 4.69) is 27.2 Å².